The van der Waals surface area contributed by atoms with E-state index in [0.717, 1.165) is 0 Å². The lowest BCUT2D eigenvalue weighted by Gasteiger charge is -2.41. The molecule has 170 valence electrons. The monoisotopic (exact) mass is 448 g/mol. The van der Waals surface area contributed by atoms with Gasteiger partial charge in [-0.05, 0) is 40.5 Å². The first-order valence-electron chi connectivity index (χ1n) is 11.0. The van der Waals surface area contributed by atoms with E-state index in [2.05, 4.69) is 0 Å². The zero-order valence-corrected chi connectivity index (χ0v) is 19.5. The van der Waals surface area contributed by atoms with Crippen molar-refractivity contribution in [3.63, 3.8) is 0 Å². The molecule has 2 saturated heterocycles. The average Bonchev–Trinajstić information content (AvgIpc) is 2.98. The third-order valence-electron chi connectivity index (χ3n) is 6.89. The summed E-state index contributed by atoms with van der Waals surface area (Å²) in [7, 11) is 0. The van der Waals surface area contributed by atoms with Gasteiger partial charge >= 0.3 is 5.97 Å². The molecule has 1 N–H and O–H groups in total. The molecule has 0 radical (unpaired) electrons. The van der Waals surface area contributed by atoms with E-state index in [0.29, 0.717) is 26.0 Å². The maximum Gasteiger partial charge on any atom is 0.311 e. The van der Waals surface area contributed by atoms with Crippen molar-refractivity contribution in [2.45, 2.75) is 61.6 Å². The van der Waals surface area contributed by atoms with Gasteiger partial charge < -0.3 is 19.6 Å². The molecule has 0 aromatic heterocycles. The van der Waals surface area contributed by atoms with Crippen LogP contribution < -0.4 is 0 Å². The largest absolute Gasteiger partial charge is 0.465 e. The van der Waals surface area contributed by atoms with E-state index in [-0.39, 0.29) is 30.9 Å². The molecule has 0 saturated carbocycles. The highest BCUT2D eigenvalue weighted by atomic mass is 32.2. The van der Waals surface area contributed by atoms with Crippen LogP contribution in [0.1, 0.15) is 40.5 Å². The predicted octanol–water partition coefficient (Wildman–Crippen LogP) is 1.76. The number of aliphatic hydroxyl groups is 1. The summed E-state index contributed by atoms with van der Waals surface area (Å²) in [4.78, 5) is 44.3. The van der Waals surface area contributed by atoms with Gasteiger partial charge in [0.1, 0.15) is 6.04 Å². The summed E-state index contributed by atoms with van der Waals surface area (Å²) in [5, 5.41) is 9.42. The first-order valence-corrected chi connectivity index (χ1v) is 11.8. The van der Waals surface area contributed by atoms with Crippen molar-refractivity contribution in [1.82, 2.24) is 9.80 Å². The van der Waals surface area contributed by atoms with Crippen LogP contribution in [0.4, 0.5) is 0 Å². The van der Waals surface area contributed by atoms with Gasteiger partial charge in [-0.15, -0.1) is 11.8 Å². The van der Waals surface area contributed by atoms with Crippen LogP contribution in [0.5, 0.6) is 0 Å². The van der Waals surface area contributed by atoms with Gasteiger partial charge in [-0.3, -0.25) is 14.4 Å². The smallest absolute Gasteiger partial charge is 0.311 e. The van der Waals surface area contributed by atoms with Gasteiger partial charge in [-0.25, -0.2) is 0 Å². The summed E-state index contributed by atoms with van der Waals surface area (Å²) in [5.74, 6) is -2.01. The number of cyclic esters (lactones) is 1. The second-order valence-electron chi connectivity index (χ2n) is 9.99. The molecule has 1 spiro atoms. The number of thioether (sulfide) groups is 1. The first-order chi connectivity index (χ1) is 14.6. The topological polar surface area (TPSA) is 87.2 Å². The summed E-state index contributed by atoms with van der Waals surface area (Å²) < 4.78 is 4.02. The van der Waals surface area contributed by atoms with Crippen LogP contribution >= 0.6 is 11.8 Å². The Labute approximate surface area is 187 Å². The Bertz CT molecular complexity index is 849. The number of esters is 1. The number of likely N-dealkylation sites (tertiary alicyclic amines) is 1. The van der Waals surface area contributed by atoms with E-state index < -0.39 is 32.9 Å². The Morgan fingerprint density at radius 1 is 1.16 bits per heavy atom. The van der Waals surface area contributed by atoms with Crippen LogP contribution in [0, 0.1) is 11.8 Å². The summed E-state index contributed by atoms with van der Waals surface area (Å²) in [6, 6.07) is -0.717. The number of hydrogen-bond acceptors (Lipinski definition) is 6. The molecule has 2 fully saturated rings. The second kappa shape index (κ2) is 7.66. The Hall–Kier alpha value is -1.80. The number of carbonyl (C=O) groups excluding carboxylic acids is 3. The number of carbonyl (C=O) groups is 3. The van der Waals surface area contributed by atoms with Gasteiger partial charge in [-0.1, -0.05) is 24.3 Å². The molecule has 31 heavy (non-hydrogen) atoms. The number of aliphatic hydroxyl groups excluding tert-OH is 1. The van der Waals surface area contributed by atoms with Crippen LogP contribution in [0.2, 0.25) is 0 Å². The number of hydrogen-bond donors (Lipinski definition) is 1. The summed E-state index contributed by atoms with van der Waals surface area (Å²) >= 11 is 1.55. The Morgan fingerprint density at radius 2 is 1.90 bits per heavy atom. The molecular formula is C23H32N2O5S. The quantitative estimate of drug-likeness (QED) is 0.523. The Morgan fingerprint density at radius 3 is 2.58 bits per heavy atom. The minimum absolute atomic E-state index is 0.0692. The lowest BCUT2D eigenvalue weighted by Crippen LogP contribution is -2.57. The Balaban J connectivity index is 1.87. The highest BCUT2D eigenvalue weighted by Gasteiger charge is 2.74. The second-order valence-corrected chi connectivity index (χ2v) is 11.8. The highest BCUT2D eigenvalue weighted by molar-refractivity contribution is 8.02. The third kappa shape index (κ3) is 3.33. The Kier molecular flexibility index (Phi) is 5.53. The van der Waals surface area contributed by atoms with Crippen molar-refractivity contribution in [3.8, 4) is 0 Å². The molecule has 0 bridgehead atoms. The molecule has 4 aliphatic heterocycles. The molecule has 0 aromatic rings. The summed E-state index contributed by atoms with van der Waals surface area (Å²) in [5.41, 5.74) is -0.412. The van der Waals surface area contributed by atoms with Crippen molar-refractivity contribution in [1.29, 1.82) is 0 Å². The molecule has 4 heterocycles. The molecule has 4 rings (SSSR count). The van der Waals surface area contributed by atoms with Gasteiger partial charge in [0.2, 0.25) is 11.8 Å². The van der Waals surface area contributed by atoms with Crippen molar-refractivity contribution < 1.29 is 24.2 Å². The number of amides is 2. The zero-order valence-electron chi connectivity index (χ0n) is 18.7. The SMILES string of the molecule is CC(C)(C)N1CC=C[C@]23S[C@]4(C)C=CCCOC(=O)[C@@H]4[C@H]2C(=O)N(CCCO)C3C1=O. The first kappa shape index (κ1) is 22.4. The van der Waals surface area contributed by atoms with Crippen molar-refractivity contribution in [3.05, 3.63) is 24.3 Å². The minimum Gasteiger partial charge on any atom is -0.465 e. The van der Waals surface area contributed by atoms with Gasteiger partial charge in [0.05, 0.1) is 23.2 Å². The van der Waals surface area contributed by atoms with E-state index in [1.807, 2.05) is 56.9 Å². The standard InChI is InChI=1S/C23H32N2O5S/c1-21(2,3)25-12-7-10-23-15(18(27)24(11-8-13-26)17(23)19(25)28)16-20(29)30-14-6-5-9-22(16,4)31-23/h5,7,9-10,15-17,26H,6,8,11-14H2,1-4H3/t15-,16-,17?,22+,23-/m0/s1. The molecule has 8 heteroatoms. The zero-order chi connectivity index (χ0) is 22.6. The van der Waals surface area contributed by atoms with Crippen LogP contribution in [0.3, 0.4) is 0 Å². The van der Waals surface area contributed by atoms with Crippen molar-refractivity contribution in [2.24, 2.45) is 11.8 Å². The fourth-order valence-corrected chi connectivity index (χ4v) is 7.73. The molecule has 5 atom stereocenters. The van der Waals surface area contributed by atoms with E-state index in [4.69, 9.17) is 4.74 Å². The fourth-order valence-electron chi connectivity index (χ4n) is 5.57. The molecule has 7 nitrogen and oxygen atoms in total. The molecular weight excluding hydrogens is 416 g/mol. The van der Waals surface area contributed by atoms with Gasteiger partial charge in [0.15, 0.2) is 0 Å². The number of rotatable bonds is 3. The van der Waals surface area contributed by atoms with Crippen molar-refractivity contribution in [2.75, 3.05) is 26.3 Å². The van der Waals surface area contributed by atoms with Gasteiger partial charge in [0.25, 0.3) is 0 Å². The summed E-state index contributed by atoms with van der Waals surface area (Å²) in [6.07, 6.45) is 9.04. The van der Waals surface area contributed by atoms with Crippen LogP contribution in [-0.4, -0.2) is 80.1 Å². The van der Waals surface area contributed by atoms with Crippen LogP contribution in [-0.2, 0) is 19.1 Å². The van der Waals surface area contributed by atoms with Crippen molar-refractivity contribution >= 4 is 29.5 Å². The van der Waals surface area contributed by atoms with Crippen LogP contribution in [0.15, 0.2) is 24.3 Å². The van der Waals surface area contributed by atoms with E-state index >= 15 is 0 Å². The molecule has 0 aliphatic carbocycles. The molecule has 2 amide bonds. The normalized spacial score (nSPS) is 37.7. The molecule has 0 aromatic carbocycles. The number of ether oxygens (including phenoxy) is 1. The van der Waals surface area contributed by atoms with Gasteiger partial charge in [-0.2, -0.15) is 0 Å². The lowest BCUT2D eigenvalue weighted by atomic mass is 9.74. The average molecular weight is 449 g/mol. The van der Waals surface area contributed by atoms with Gasteiger partial charge in [0, 0.05) is 30.0 Å². The predicted molar refractivity (Wildman–Crippen MR) is 118 cm³/mol. The molecule has 4 aliphatic rings. The maximum atomic E-state index is 13.9. The van der Waals surface area contributed by atoms with E-state index in [9.17, 15) is 19.5 Å². The minimum atomic E-state index is -0.850. The molecule has 1 unspecified atom stereocenters. The third-order valence-corrected chi connectivity index (χ3v) is 8.68. The lowest BCUT2D eigenvalue weighted by molar-refractivity contribution is -0.154. The van der Waals surface area contributed by atoms with E-state index in [1.165, 1.54) is 0 Å². The number of nitrogens with zero attached hydrogens (tertiary/aromatic N) is 2. The highest BCUT2D eigenvalue weighted by Crippen LogP contribution is 2.65. The number of fused-ring (bicyclic) bond motifs is 2. The van der Waals surface area contributed by atoms with E-state index in [1.54, 1.807) is 16.7 Å². The van der Waals surface area contributed by atoms with Crippen LogP contribution in [0.25, 0.3) is 0 Å². The maximum absolute atomic E-state index is 13.9. The summed E-state index contributed by atoms with van der Waals surface area (Å²) in [6.45, 7) is 8.90. The fraction of sp³-hybridized carbons (Fsp3) is 0.696.